The quantitative estimate of drug-likeness (QED) is 0.723. The van der Waals surface area contributed by atoms with Crippen molar-refractivity contribution >= 4 is 5.69 Å². The van der Waals surface area contributed by atoms with E-state index >= 15 is 0 Å². The van der Waals surface area contributed by atoms with Gasteiger partial charge in [0, 0.05) is 19.3 Å². The minimum absolute atomic E-state index is 0.723. The van der Waals surface area contributed by atoms with Gasteiger partial charge in [-0.05, 0) is 44.5 Å². The molecule has 0 spiro atoms. The average Bonchev–Trinajstić information content (AvgIpc) is 2.42. The van der Waals surface area contributed by atoms with E-state index in [2.05, 4.69) is 48.5 Å². The molecule has 2 nitrogen and oxygen atoms in total. The van der Waals surface area contributed by atoms with E-state index in [1.807, 2.05) is 14.1 Å². The van der Waals surface area contributed by atoms with Gasteiger partial charge in [-0.15, -0.1) is 0 Å². The molecule has 2 rings (SSSR count). The largest absolute Gasteiger partial charge is 0.374 e. The Hall–Kier alpha value is -1.02. The van der Waals surface area contributed by atoms with Gasteiger partial charge < -0.3 is 10.2 Å². The highest BCUT2D eigenvalue weighted by Crippen LogP contribution is 2.32. The van der Waals surface area contributed by atoms with E-state index in [4.69, 9.17) is 0 Å². The van der Waals surface area contributed by atoms with Crippen molar-refractivity contribution in [3.63, 3.8) is 0 Å². The van der Waals surface area contributed by atoms with E-state index in [9.17, 15) is 0 Å². The first-order valence-corrected chi connectivity index (χ1v) is 6.09. The summed E-state index contributed by atoms with van der Waals surface area (Å²) < 4.78 is 0. The third-order valence-corrected chi connectivity index (χ3v) is 3.01. The van der Waals surface area contributed by atoms with Crippen molar-refractivity contribution in [1.29, 1.82) is 0 Å². The lowest BCUT2D eigenvalue weighted by molar-refractivity contribution is 0.656. The summed E-state index contributed by atoms with van der Waals surface area (Å²) in [5.74, 6) is 0.723. The van der Waals surface area contributed by atoms with Crippen LogP contribution in [0.15, 0.2) is 24.3 Å². The zero-order chi connectivity index (χ0) is 12.0. The first-order valence-electron chi connectivity index (χ1n) is 6.09. The third-order valence-electron chi connectivity index (χ3n) is 3.01. The second kappa shape index (κ2) is 6.54. The number of hydrogen-bond acceptors (Lipinski definition) is 2. The van der Waals surface area contributed by atoms with Gasteiger partial charge in [0.1, 0.15) is 0 Å². The normalized spacial score (nSPS) is 19.2. The lowest BCUT2D eigenvalue weighted by Gasteiger charge is -2.19. The highest BCUT2D eigenvalue weighted by atomic mass is 15.1. The first-order chi connectivity index (χ1) is 7.70. The van der Waals surface area contributed by atoms with Crippen LogP contribution in [0.5, 0.6) is 0 Å². The highest BCUT2D eigenvalue weighted by Gasteiger charge is 2.16. The number of nitrogens with one attached hydrogen (secondary N) is 1. The van der Waals surface area contributed by atoms with Crippen molar-refractivity contribution < 1.29 is 0 Å². The molecule has 0 amide bonds. The molecule has 0 bridgehead atoms. The number of anilines is 1. The molecule has 1 unspecified atom stereocenters. The van der Waals surface area contributed by atoms with Gasteiger partial charge in [-0.3, -0.25) is 0 Å². The van der Waals surface area contributed by atoms with Crippen molar-refractivity contribution in [2.45, 2.75) is 25.7 Å². The van der Waals surface area contributed by atoms with E-state index in [1.54, 1.807) is 0 Å². The van der Waals surface area contributed by atoms with Crippen molar-refractivity contribution in [3.05, 3.63) is 29.8 Å². The summed E-state index contributed by atoms with van der Waals surface area (Å²) in [4.78, 5) is 2.37. The Kier molecular flexibility index (Phi) is 5.33. The molecule has 0 saturated carbocycles. The fourth-order valence-corrected chi connectivity index (χ4v) is 2.16. The Balaban J connectivity index is 0.000000386. The van der Waals surface area contributed by atoms with Gasteiger partial charge in [-0.25, -0.2) is 0 Å². The van der Waals surface area contributed by atoms with Gasteiger partial charge in [0.15, 0.2) is 0 Å². The standard InChI is InChI=1S/C12H17N.C2H7N/c1-10-6-5-9-13(2)12-8-4-3-7-11(10)12;1-3-2/h3-4,7-8,10H,5-6,9H2,1-2H3;3H,1-2H3. The lowest BCUT2D eigenvalue weighted by atomic mass is 9.96. The maximum atomic E-state index is 2.75. The van der Waals surface area contributed by atoms with Crippen LogP contribution in [-0.4, -0.2) is 27.7 Å². The van der Waals surface area contributed by atoms with Crippen molar-refractivity contribution in [2.24, 2.45) is 0 Å². The van der Waals surface area contributed by atoms with Crippen LogP contribution in [0.3, 0.4) is 0 Å². The molecule has 1 aliphatic heterocycles. The molecule has 1 N–H and O–H groups in total. The Labute approximate surface area is 99.7 Å². The predicted octanol–water partition coefficient (Wildman–Crippen LogP) is 2.86. The van der Waals surface area contributed by atoms with Gasteiger partial charge >= 0.3 is 0 Å². The van der Waals surface area contributed by atoms with E-state index in [-0.39, 0.29) is 0 Å². The second-order valence-electron chi connectivity index (χ2n) is 4.52. The highest BCUT2D eigenvalue weighted by molar-refractivity contribution is 5.55. The molecular formula is C14H24N2. The maximum absolute atomic E-state index is 2.75. The van der Waals surface area contributed by atoms with Gasteiger partial charge in [0.05, 0.1) is 0 Å². The molecule has 1 aromatic rings. The monoisotopic (exact) mass is 220 g/mol. The molecule has 0 saturated heterocycles. The van der Waals surface area contributed by atoms with Gasteiger partial charge in [-0.1, -0.05) is 25.1 Å². The molecule has 0 fully saturated rings. The van der Waals surface area contributed by atoms with Crippen LogP contribution in [0.25, 0.3) is 0 Å². The summed E-state index contributed by atoms with van der Waals surface area (Å²) in [6.45, 7) is 3.53. The summed E-state index contributed by atoms with van der Waals surface area (Å²) in [5.41, 5.74) is 2.94. The zero-order valence-corrected chi connectivity index (χ0v) is 11.0. The smallest absolute Gasteiger partial charge is 0.0398 e. The molecule has 2 heteroatoms. The van der Waals surface area contributed by atoms with E-state index < -0.39 is 0 Å². The molecule has 16 heavy (non-hydrogen) atoms. The van der Waals surface area contributed by atoms with Crippen LogP contribution in [-0.2, 0) is 0 Å². The fourth-order valence-electron chi connectivity index (χ4n) is 2.16. The number of benzene rings is 1. The summed E-state index contributed by atoms with van der Waals surface area (Å²) in [7, 11) is 5.94. The summed E-state index contributed by atoms with van der Waals surface area (Å²) in [5, 5.41) is 2.75. The number of rotatable bonds is 0. The Morgan fingerprint density at radius 1 is 1.25 bits per heavy atom. The van der Waals surface area contributed by atoms with E-state index in [1.165, 1.54) is 30.6 Å². The average molecular weight is 220 g/mol. The van der Waals surface area contributed by atoms with Gasteiger partial charge in [0.2, 0.25) is 0 Å². The second-order valence-corrected chi connectivity index (χ2v) is 4.52. The summed E-state index contributed by atoms with van der Waals surface area (Å²) in [6, 6.07) is 8.78. The van der Waals surface area contributed by atoms with Crippen molar-refractivity contribution in [2.75, 3.05) is 32.6 Å². The van der Waals surface area contributed by atoms with E-state index in [0.29, 0.717) is 0 Å². The van der Waals surface area contributed by atoms with Crippen LogP contribution >= 0.6 is 0 Å². The Morgan fingerprint density at radius 3 is 2.56 bits per heavy atom. The minimum atomic E-state index is 0.723. The van der Waals surface area contributed by atoms with Crippen molar-refractivity contribution in [3.8, 4) is 0 Å². The Bertz CT molecular complexity index is 280. The zero-order valence-electron chi connectivity index (χ0n) is 11.0. The van der Waals surface area contributed by atoms with Crippen LogP contribution in [0.1, 0.15) is 31.2 Å². The van der Waals surface area contributed by atoms with Crippen LogP contribution in [0.4, 0.5) is 5.69 Å². The lowest BCUT2D eigenvalue weighted by Crippen LogP contribution is -2.17. The molecular weight excluding hydrogens is 196 g/mol. The summed E-state index contributed by atoms with van der Waals surface area (Å²) >= 11 is 0. The topological polar surface area (TPSA) is 15.3 Å². The van der Waals surface area contributed by atoms with Crippen molar-refractivity contribution in [1.82, 2.24) is 5.32 Å². The Morgan fingerprint density at radius 2 is 1.88 bits per heavy atom. The van der Waals surface area contributed by atoms with Crippen LogP contribution in [0, 0.1) is 0 Å². The molecule has 90 valence electrons. The third kappa shape index (κ3) is 3.24. The summed E-state index contributed by atoms with van der Waals surface area (Å²) in [6.07, 6.45) is 2.63. The SMILES string of the molecule is CC1CCCN(C)c2ccccc21.CNC. The van der Waals surface area contributed by atoms with E-state index in [0.717, 1.165) is 5.92 Å². The van der Waals surface area contributed by atoms with Crippen LogP contribution in [0.2, 0.25) is 0 Å². The van der Waals surface area contributed by atoms with Crippen LogP contribution < -0.4 is 10.2 Å². The maximum Gasteiger partial charge on any atom is 0.0398 e. The molecule has 1 aromatic carbocycles. The molecule has 1 atom stereocenters. The minimum Gasteiger partial charge on any atom is -0.374 e. The number of fused-ring (bicyclic) bond motifs is 1. The molecule has 1 aliphatic rings. The number of para-hydroxylation sites is 1. The molecule has 0 radical (unpaired) electrons. The molecule has 0 aromatic heterocycles. The van der Waals surface area contributed by atoms with Gasteiger partial charge in [0.25, 0.3) is 0 Å². The number of hydrogen-bond donors (Lipinski definition) is 1. The van der Waals surface area contributed by atoms with Gasteiger partial charge in [-0.2, -0.15) is 0 Å². The number of nitrogens with zero attached hydrogens (tertiary/aromatic N) is 1. The molecule has 1 heterocycles. The fraction of sp³-hybridized carbons (Fsp3) is 0.571. The molecule has 0 aliphatic carbocycles. The predicted molar refractivity (Wildman–Crippen MR) is 72.3 cm³/mol. The first kappa shape index (κ1) is 13.0.